The number of phosphoric acid groups is 1. The zero-order valence-corrected chi connectivity index (χ0v) is 31.9. The molecule has 16 heteroatoms. The van der Waals surface area contributed by atoms with Gasteiger partial charge in [0.15, 0.2) is 5.72 Å². The Morgan fingerprint density at radius 1 is 1.09 bits per heavy atom. The molecule has 4 atom stereocenters. The van der Waals surface area contributed by atoms with E-state index in [0.717, 1.165) is 17.4 Å². The van der Waals surface area contributed by atoms with E-state index < -0.39 is 44.1 Å². The molecule has 1 fully saturated rings. The molecule has 0 aliphatic carbocycles. The predicted molar refractivity (Wildman–Crippen MR) is 172 cm³/mol. The molecule has 0 radical (unpaired) electrons. The topological polar surface area (TPSA) is 190 Å². The van der Waals surface area contributed by atoms with Crippen molar-refractivity contribution in [1.29, 1.82) is 0 Å². The summed E-state index contributed by atoms with van der Waals surface area (Å²) in [4.78, 5) is 28.7. The van der Waals surface area contributed by atoms with E-state index in [0.29, 0.717) is 13.2 Å². The number of aromatic nitrogens is 2. The van der Waals surface area contributed by atoms with Gasteiger partial charge in [0.05, 0.1) is 19.8 Å². The quantitative estimate of drug-likeness (QED) is 0.0352. The number of azide groups is 1. The molecule has 0 saturated carbocycles. The number of hydrogen-bond donors (Lipinski definition) is 1. The second-order valence-electron chi connectivity index (χ2n) is 12.0. The molecule has 1 aromatic rings. The third-order valence-corrected chi connectivity index (χ3v) is 8.92. The van der Waals surface area contributed by atoms with Crippen molar-refractivity contribution in [2.45, 2.75) is 142 Å². The Balaban J connectivity index is 0.0000110. The number of aryl methyl sites for hydroxylation is 1. The number of hydrogen-bond acceptors (Lipinski definition) is 10. The van der Waals surface area contributed by atoms with E-state index in [9.17, 15) is 19.4 Å². The molecule has 0 aromatic carbocycles. The molecule has 47 heavy (non-hydrogen) atoms. The molecule has 1 aromatic heterocycles. The van der Waals surface area contributed by atoms with Gasteiger partial charge in [-0.2, -0.15) is 0 Å². The predicted octanol–water partition coefficient (Wildman–Crippen LogP) is 3.98. The average molecular weight is 696 g/mol. The van der Waals surface area contributed by atoms with Gasteiger partial charge < -0.3 is 24.2 Å². The zero-order valence-electron chi connectivity index (χ0n) is 29.0. The molecule has 0 bridgehead atoms. The van der Waals surface area contributed by atoms with Crippen LogP contribution >= 0.6 is 7.82 Å². The van der Waals surface area contributed by atoms with Crippen molar-refractivity contribution in [2.24, 2.45) is 5.11 Å². The summed E-state index contributed by atoms with van der Waals surface area (Å²) in [6.45, 7) is 5.84. The van der Waals surface area contributed by atoms with Crippen molar-refractivity contribution in [3.05, 3.63) is 32.7 Å². The molecule has 0 amide bonds. The van der Waals surface area contributed by atoms with Crippen LogP contribution < -0.4 is 40.4 Å². The smallest absolute Gasteiger partial charge is 0.858 e. The summed E-state index contributed by atoms with van der Waals surface area (Å²) in [5.41, 5.74) is 6.85. The van der Waals surface area contributed by atoms with Crippen molar-refractivity contribution in [1.82, 2.24) is 9.55 Å². The number of nitrogens with zero attached hydrogens (tertiary/aromatic N) is 5. The summed E-state index contributed by atoms with van der Waals surface area (Å²) < 4.78 is 41.2. The van der Waals surface area contributed by atoms with E-state index in [4.69, 9.17) is 28.8 Å². The van der Waals surface area contributed by atoms with Crippen molar-refractivity contribution < 1.29 is 67.4 Å². The van der Waals surface area contributed by atoms with Gasteiger partial charge in [0, 0.05) is 24.3 Å². The number of phosphoric ester groups is 1. The van der Waals surface area contributed by atoms with Crippen LogP contribution in [0.3, 0.4) is 0 Å². The van der Waals surface area contributed by atoms with E-state index >= 15 is 0 Å². The van der Waals surface area contributed by atoms with Gasteiger partial charge in [0.2, 0.25) is 0 Å². The van der Waals surface area contributed by atoms with Crippen LogP contribution in [-0.2, 0) is 27.8 Å². The fourth-order valence-corrected chi connectivity index (χ4v) is 6.15. The molecule has 2 heterocycles. The summed E-state index contributed by atoms with van der Waals surface area (Å²) in [6, 6.07) is 0. The van der Waals surface area contributed by atoms with Crippen molar-refractivity contribution in [3.63, 3.8) is 0 Å². The van der Waals surface area contributed by atoms with Crippen molar-refractivity contribution in [2.75, 3.05) is 33.0 Å². The maximum Gasteiger partial charge on any atom is 1.00 e. The molecule has 0 spiro atoms. The summed E-state index contributed by atoms with van der Waals surface area (Å²) in [6.07, 6.45) is 18.1. The van der Waals surface area contributed by atoms with Crippen LogP contribution in [-0.4, -0.2) is 59.3 Å². The van der Waals surface area contributed by atoms with Gasteiger partial charge in [-0.15, -0.1) is 0 Å². The molecule has 2 rings (SSSR count). The summed E-state index contributed by atoms with van der Waals surface area (Å²) >= 11 is 0. The Labute approximate surface area is 301 Å². The summed E-state index contributed by atoms with van der Waals surface area (Å²) in [5.74, 6) is -0.646. The van der Waals surface area contributed by atoms with Crippen LogP contribution in [0.15, 0.2) is 16.1 Å². The average Bonchev–Trinajstić information content (AvgIpc) is 3.44. The van der Waals surface area contributed by atoms with Crippen molar-refractivity contribution in [3.8, 4) is 5.88 Å². The van der Waals surface area contributed by atoms with Crippen LogP contribution in [0.4, 0.5) is 0 Å². The van der Waals surface area contributed by atoms with E-state index in [2.05, 4.69) is 21.9 Å². The van der Waals surface area contributed by atoms with E-state index in [-0.39, 0.29) is 61.2 Å². The monoisotopic (exact) mass is 695 g/mol. The molecule has 1 aliphatic rings. The largest absolute Gasteiger partial charge is 1.00 e. The molecule has 1 saturated heterocycles. The third kappa shape index (κ3) is 18.0. The van der Waals surface area contributed by atoms with Crippen LogP contribution in [0.1, 0.15) is 128 Å². The Kier molecular flexibility index (Phi) is 23.4. The zero-order chi connectivity index (χ0) is 33.7. The Hall–Kier alpha value is -1.02. The first-order valence-corrected chi connectivity index (χ1v) is 18.5. The second kappa shape index (κ2) is 25.0. The molecule has 1 aliphatic heterocycles. The molecule has 1 N–H and O–H groups in total. The fourth-order valence-electron chi connectivity index (χ4n) is 5.35. The van der Waals surface area contributed by atoms with Gasteiger partial charge in [-0.1, -0.05) is 95.5 Å². The summed E-state index contributed by atoms with van der Waals surface area (Å²) in [7, 11) is -4.60. The Morgan fingerprint density at radius 2 is 1.68 bits per heavy atom. The first kappa shape index (κ1) is 44.0. The first-order valence-electron chi connectivity index (χ1n) is 17.0. The number of rotatable bonds is 27. The number of ether oxygens (including phenoxy) is 3. The van der Waals surface area contributed by atoms with Gasteiger partial charge in [-0.05, 0) is 50.1 Å². The molecule has 264 valence electrons. The molecular formula is C31H55N5NaO9P. The first-order chi connectivity index (χ1) is 22.1. The van der Waals surface area contributed by atoms with Gasteiger partial charge in [0.1, 0.15) is 12.3 Å². The maximum atomic E-state index is 12.7. The fraction of sp³-hybridized carbons (Fsp3) is 0.871. The standard InChI is InChI=1S/C31H56N5O9P.Na/c1-4-6-7-8-9-10-11-12-13-14-15-16-17-18-21-41-23-27(42-5-2)24-43-46(39,40)44-25-31(34-35-32)20-19-28(45-31)36-22-26(3)29(37)33-30(36)38;/h22,27-28H,4-21,23-25H2,1-3H3,(H,39,40)(H,33,37,38);/q;+1/p-1. The molecule has 14 nitrogen and oxygen atoms in total. The van der Waals surface area contributed by atoms with Gasteiger partial charge in [-0.25, -0.2) is 14.3 Å². The normalized spacial score (nSPS) is 19.5. The Morgan fingerprint density at radius 3 is 2.26 bits per heavy atom. The van der Waals surface area contributed by atoms with Crippen molar-refractivity contribution >= 4 is 7.82 Å². The molecule has 4 unspecified atom stereocenters. The van der Waals surface area contributed by atoms with Gasteiger partial charge >= 0.3 is 43.1 Å². The number of unbranched alkanes of at least 4 members (excludes halogenated alkanes) is 13. The van der Waals surface area contributed by atoms with Gasteiger partial charge in [0.25, 0.3) is 0 Å². The summed E-state index contributed by atoms with van der Waals surface area (Å²) in [5, 5.41) is 15.3. The van der Waals surface area contributed by atoms with E-state index in [1.165, 1.54) is 90.2 Å². The van der Waals surface area contributed by atoms with Crippen LogP contribution in [0.5, 0.6) is 5.88 Å². The van der Waals surface area contributed by atoms with Gasteiger partial charge in [-0.3, -0.25) is 13.6 Å². The van der Waals surface area contributed by atoms with Crippen LogP contribution in [0, 0.1) is 6.92 Å². The van der Waals surface area contributed by atoms with Crippen LogP contribution in [0.2, 0.25) is 0 Å². The minimum absolute atomic E-state index is 0. The van der Waals surface area contributed by atoms with Crippen LogP contribution in [0.25, 0.3) is 10.4 Å². The third-order valence-electron chi connectivity index (χ3n) is 7.99. The van der Waals surface area contributed by atoms with E-state index in [1.54, 1.807) is 6.92 Å². The van der Waals surface area contributed by atoms with E-state index in [1.807, 2.05) is 0 Å². The second-order valence-corrected chi connectivity index (χ2v) is 13.4. The SMILES string of the molecule is CCCCCCCCCCCCCCCCOCC(COP(=O)(O)OCC1(N=[N+]=[N-])CCC(n2cc(C)c([O-])nc2=O)O1)OCC.[Na+]. The minimum atomic E-state index is -4.60. The Bertz CT molecular complexity index is 1160. The minimum Gasteiger partial charge on any atom is -0.858 e. The molecular weight excluding hydrogens is 640 g/mol. The maximum absolute atomic E-state index is 12.7.